The molecule has 22 heavy (non-hydrogen) atoms. The summed E-state index contributed by atoms with van der Waals surface area (Å²) in [6.45, 7) is 0. The first-order chi connectivity index (χ1) is 10.6. The molecule has 1 heterocycles. The average Bonchev–Trinajstić information content (AvgIpc) is 2.93. The van der Waals surface area contributed by atoms with Crippen molar-refractivity contribution in [3.05, 3.63) is 30.3 Å². The average molecular weight is 317 g/mol. The van der Waals surface area contributed by atoms with Gasteiger partial charge in [0, 0.05) is 10.5 Å². The van der Waals surface area contributed by atoms with Crippen molar-refractivity contribution in [2.24, 2.45) is 0 Å². The van der Waals surface area contributed by atoms with Crippen LogP contribution in [-0.2, 0) is 0 Å². The fourth-order valence-corrected chi connectivity index (χ4v) is 2.74. The highest BCUT2D eigenvalue weighted by Gasteiger charge is 2.13. The number of nitrogens with zero attached hydrogens (tertiary/aromatic N) is 1. The number of nitrogens with one attached hydrogen (secondary N) is 2. The van der Waals surface area contributed by atoms with Gasteiger partial charge >= 0.3 is 0 Å². The number of imidazole rings is 1. The van der Waals surface area contributed by atoms with Crippen molar-refractivity contribution in [3.8, 4) is 28.6 Å². The second-order valence-electron chi connectivity index (χ2n) is 4.62. The molecule has 0 bridgehead atoms. The summed E-state index contributed by atoms with van der Waals surface area (Å²) < 4.78 is 8.07. The zero-order valence-corrected chi connectivity index (χ0v) is 12.9. The molecule has 1 aromatic heterocycles. The quantitative estimate of drug-likeness (QED) is 0.437. The Hall–Kier alpha value is -2.38. The lowest BCUT2D eigenvalue weighted by atomic mass is 10.1. The number of ether oxygens (including phenoxy) is 1. The molecule has 2 aromatic carbocycles. The first kappa shape index (κ1) is 14.6. The van der Waals surface area contributed by atoms with Crippen molar-refractivity contribution >= 4 is 23.0 Å². The predicted molar refractivity (Wildman–Crippen MR) is 86.3 cm³/mol. The van der Waals surface area contributed by atoms with E-state index in [9.17, 15) is 10.2 Å². The molecule has 0 unspecified atom stereocenters. The second kappa shape index (κ2) is 5.78. The van der Waals surface area contributed by atoms with E-state index in [1.807, 2.05) is 25.2 Å². The van der Waals surface area contributed by atoms with Gasteiger partial charge in [0.25, 0.3) is 0 Å². The van der Waals surface area contributed by atoms with E-state index in [0.717, 1.165) is 15.9 Å². The summed E-state index contributed by atoms with van der Waals surface area (Å²) in [6, 6.07) is 8.95. The summed E-state index contributed by atoms with van der Waals surface area (Å²) >= 11 is 1.51. The van der Waals surface area contributed by atoms with E-state index in [1.54, 1.807) is 6.07 Å². The van der Waals surface area contributed by atoms with Gasteiger partial charge in [0.05, 0.1) is 18.1 Å². The fraction of sp³-hybridized carbons (Fsp3) is 0.133. The molecule has 0 saturated carbocycles. The molecule has 6 nitrogen and oxygen atoms in total. The Labute approximate surface area is 131 Å². The van der Waals surface area contributed by atoms with Crippen molar-refractivity contribution in [3.63, 3.8) is 0 Å². The molecule has 3 aromatic rings. The van der Waals surface area contributed by atoms with Crippen LogP contribution in [0.2, 0.25) is 0 Å². The molecule has 0 radical (unpaired) electrons. The third-order valence-corrected chi connectivity index (χ3v) is 3.92. The molecule has 0 aliphatic rings. The molecule has 0 spiro atoms. The molecule has 4 N–H and O–H groups in total. The first-order valence-corrected chi connectivity index (χ1v) is 7.37. The van der Waals surface area contributed by atoms with E-state index < -0.39 is 0 Å². The number of aromatic hydroxyl groups is 2. The maximum atomic E-state index is 9.78. The van der Waals surface area contributed by atoms with Gasteiger partial charge in [-0.3, -0.25) is 4.72 Å². The van der Waals surface area contributed by atoms with Crippen LogP contribution >= 0.6 is 11.9 Å². The van der Waals surface area contributed by atoms with E-state index in [0.29, 0.717) is 11.4 Å². The lowest BCUT2D eigenvalue weighted by Crippen LogP contribution is -1.89. The molecule has 0 fully saturated rings. The summed E-state index contributed by atoms with van der Waals surface area (Å²) in [4.78, 5) is 8.77. The topological polar surface area (TPSA) is 90.4 Å². The molecule has 0 aliphatic heterocycles. The van der Waals surface area contributed by atoms with Crippen molar-refractivity contribution in [1.29, 1.82) is 0 Å². The Morgan fingerprint density at radius 2 is 2.05 bits per heavy atom. The highest BCUT2D eigenvalue weighted by atomic mass is 32.2. The number of hydrogen-bond donors (Lipinski definition) is 4. The second-order valence-corrected chi connectivity index (χ2v) is 5.70. The van der Waals surface area contributed by atoms with Gasteiger partial charge in [-0.25, -0.2) is 4.98 Å². The summed E-state index contributed by atoms with van der Waals surface area (Å²) in [5.41, 5.74) is 2.34. The van der Waals surface area contributed by atoms with Crippen LogP contribution in [0.4, 0.5) is 0 Å². The zero-order valence-electron chi connectivity index (χ0n) is 12.0. The van der Waals surface area contributed by atoms with Crippen LogP contribution in [-0.4, -0.2) is 34.3 Å². The SMILES string of the molecule is CNSc1ccc2nc(-c3cc(O)c(O)c(OC)c3)[nH]c2c1. The van der Waals surface area contributed by atoms with Crippen LogP contribution in [0.3, 0.4) is 0 Å². The lowest BCUT2D eigenvalue weighted by molar-refractivity contribution is 0.351. The number of rotatable bonds is 4. The van der Waals surface area contributed by atoms with Crippen LogP contribution < -0.4 is 9.46 Å². The van der Waals surface area contributed by atoms with Crippen LogP contribution in [0.1, 0.15) is 0 Å². The van der Waals surface area contributed by atoms with Crippen LogP contribution in [0.15, 0.2) is 35.2 Å². The number of methoxy groups -OCH3 is 1. The number of hydrogen-bond acceptors (Lipinski definition) is 6. The van der Waals surface area contributed by atoms with Gasteiger partial charge in [-0.05, 0) is 49.3 Å². The number of fused-ring (bicyclic) bond motifs is 1. The van der Waals surface area contributed by atoms with E-state index in [4.69, 9.17) is 4.74 Å². The standard InChI is InChI=1S/C15H15N3O3S/c1-16-22-9-3-4-10-11(7-9)18-15(17-10)8-5-12(19)14(20)13(6-8)21-2/h3-7,16,19-20H,1-2H3,(H,17,18). The van der Waals surface area contributed by atoms with Gasteiger partial charge in [0.1, 0.15) is 5.82 Å². The number of phenols is 2. The van der Waals surface area contributed by atoms with Crippen LogP contribution in [0, 0.1) is 0 Å². The monoisotopic (exact) mass is 317 g/mol. The summed E-state index contributed by atoms with van der Waals surface area (Å²) in [6.07, 6.45) is 0. The number of benzene rings is 2. The first-order valence-electron chi connectivity index (χ1n) is 6.56. The largest absolute Gasteiger partial charge is 0.504 e. The van der Waals surface area contributed by atoms with Gasteiger partial charge in [0.15, 0.2) is 11.5 Å². The van der Waals surface area contributed by atoms with E-state index in [-0.39, 0.29) is 17.2 Å². The Kier molecular flexibility index (Phi) is 3.82. The van der Waals surface area contributed by atoms with E-state index in [1.165, 1.54) is 25.1 Å². The minimum absolute atomic E-state index is 0.196. The Balaban J connectivity index is 2.08. The molecule has 114 valence electrons. The van der Waals surface area contributed by atoms with Gasteiger partial charge in [-0.2, -0.15) is 0 Å². The van der Waals surface area contributed by atoms with E-state index in [2.05, 4.69) is 14.7 Å². The van der Waals surface area contributed by atoms with Crippen molar-refractivity contribution < 1.29 is 14.9 Å². The molecule has 0 atom stereocenters. The minimum atomic E-state index is -0.282. The summed E-state index contributed by atoms with van der Waals surface area (Å²) in [7, 11) is 3.29. The summed E-state index contributed by atoms with van der Waals surface area (Å²) in [5, 5.41) is 19.5. The number of H-pyrrole nitrogens is 1. The molecule has 0 saturated heterocycles. The molecule has 3 rings (SSSR count). The van der Waals surface area contributed by atoms with Gasteiger partial charge in [0.2, 0.25) is 5.75 Å². The highest BCUT2D eigenvalue weighted by molar-refractivity contribution is 7.97. The third-order valence-electron chi connectivity index (χ3n) is 3.22. The van der Waals surface area contributed by atoms with Gasteiger partial charge < -0.3 is 19.9 Å². The highest BCUT2D eigenvalue weighted by Crippen LogP contribution is 2.39. The van der Waals surface area contributed by atoms with Gasteiger partial charge in [-0.15, -0.1) is 0 Å². The van der Waals surface area contributed by atoms with E-state index >= 15 is 0 Å². The number of aromatic amines is 1. The molecule has 0 amide bonds. The molecule has 7 heteroatoms. The van der Waals surface area contributed by atoms with Crippen molar-refractivity contribution in [2.45, 2.75) is 4.90 Å². The summed E-state index contributed by atoms with van der Waals surface area (Å²) in [5.74, 6) is 0.258. The third kappa shape index (κ3) is 2.56. The molecule has 0 aliphatic carbocycles. The fourth-order valence-electron chi connectivity index (χ4n) is 2.19. The zero-order chi connectivity index (χ0) is 15.7. The number of aromatic nitrogens is 2. The maximum absolute atomic E-state index is 9.78. The minimum Gasteiger partial charge on any atom is -0.504 e. The Morgan fingerprint density at radius 3 is 2.77 bits per heavy atom. The molecular weight excluding hydrogens is 302 g/mol. The number of phenolic OH excluding ortho intramolecular Hbond substituents is 2. The molecular formula is C15H15N3O3S. The van der Waals surface area contributed by atoms with Crippen molar-refractivity contribution in [1.82, 2.24) is 14.7 Å². The van der Waals surface area contributed by atoms with Crippen molar-refractivity contribution in [2.75, 3.05) is 14.2 Å². The van der Waals surface area contributed by atoms with Crippen LogP contribution in [0.5, 0.6) is 17.2 Å². The normalized spacial score (nSPS) is 11.0. The predicted octanol–water partition coefficient (Wildman–Crippen LogP) is 2.88. The van der Waals surface area contributed by atoms with Gasteiger partial charge in [-0.1, -0.05) is 0 Å². The van der Waals surface area contributed by atoms with Crippen LogP contribution in [0.25, 0.3) is 22.4 Å². The lowest BCUT2D eigenvalue weighted by Gasteiger charge is -2.07. The smallest absolute Gasteiger partial charge is 0.200 e. The maximum Gasteiger partial charge on any atom is 0.200 e. The Bertz CT molecular complexity index is 832. The Morgan fingerprint density at radius 1 is 1.23 bits per heavy atom.